The topological polar surface area (TPSA) is 54.9 Å². The molecule has 0 unspecified atom stereocenters. The Balaban J connectivity index is 2.65. The molecule has 0 atom stereocenters. The monoisotopic (exact) mass is 202 g/mol. The van der Waals surface area contributed by atoms with Gasteiger partial charge < -0.3 is 0 Å². The van der Waals surface area contributed by atoms with Crippen LogP contribution in [0.1, 0.15) is 12.0 Å². The zero-order valence-electron chi connectivity index (χ0n) is 8.12. The van der Waals surface area contributed by atoms with Crippen molar-refractivity contribution in [2.45, 2.75) is 19.4 Å². The van der Waals surface area contributed by atoms with Gasteiger partial charge in [-0.25, -0.2) is 4.79 Å². The number of H-pyrrole nitrogens is 1. The maximum Gasteiger partial charge on any atom is 0.328 e. The van der Waals surface area contributed by atoms with E-state index in [-0.39, 0.29) is 11.2 Å². The van der Waals surface area contributed by atoms with Crippen LogP contribution in [0.15, 0.2) is 27.8 Å². The number of nitrogens with one attached hydrogen (secondary N) is 1. The predicted molar refractivity (Wildman–Crippen MR) is 57.1 cm³/mol. The zero-order chi connectivity index (χ0) is 10.4. The molecule has 4 nitrogen and oxygen atoms in total. The molecule has 0 saturated heterocycles. The van der Waals surface area contributed by atoms with Crippen molar-refractivity contribution in [1.29, 1.82) is 0 Å². The average molecular weight is 202 g/mol. The molecular formula is C11H10N2O2. The normalized spacial score (nSPS) is 14.4. The van der Waals surface area contributed by atoms with Crippen LogP contribution < -0.4 is 11.2 Å². The molecule has 1 aliphatic heterocycles. The van der Waals surface area contributed by atoms with E-state index in [1.165, 1.54) is 0 Å². The lowest BCUT2D eigenvalue weighted by molar-refractivity contribution is 0.601. The van der Waals surface area contributed by atoms with Gasteiger partial charge in [0.25, 0.3) is 5.56 Å². The van der Waals surface area contributed by atoms with Crippen molar-refractivity contribution in [2.24, 2.45) is 0 Å². The van der Waals surface area contributed by atoms with E-state index < -0.39 is 0 Å². The Kier molecular flexibility index (Phi) is 1.59. The fourth-order valence-corrected chi connectivity index (χ4v) is 2.27. The first-order chi connectivity index (χ1) is 7.27. The van der Waals surface area contributed by atoms with Gasteiger partial charge in [-0.2, -0.15) is 0 Å². The van der Waals surface area contributed by atoms with Crippen molar-refractivity contribution >= 4 is 10.9 Å². The van der Waals surface area contributed by atoms with E-state index in [1.807, 2.05) is 12.1 Å². The Morgan fingerprint density at radius 1 is 1.27 bits per heavy atom. The second-order valence-electron chi connectivity index (χ2n) is 3.83. The number of benzene rings is 1. The molecule has 0 bridgehead atoms. The van der Waals surface area contributed by atoms with Crippen LogP contribution in [0.25, 0.3) is 10.9 Å². The number of para-hydroxylation sites is 1. The molecule has 0 saturated carbocycles. The third-order valence-electron chi connectivity index (χ3n) is 2.93. The second kappa shape index (κ2) is 2.82. The Labute approximate surface area is 85.2 Å². The van der Waals surface area contributed by atoms with Crippen molar-refractivity contribution in [3.8, 4) is 0 Å². The molecule has 0 amide bonds. The molecule has 2 aromatic rings. The highest BCUT2D eigenvalue weighted by molar-refractivity contribution is 5.81. The van der Waals surface area contributed by atoms with E-state index in [2.05, 4.69) is 4.98 Å². The van der Waals surface area contributed by atoms with Crippen LogP contribution in [0, 0.1) is 0 Å². The van der Waals surface area contributed by atoms with Crippen LogP contribution in [0.5, 0.6) is 0 Å². The van der Waals surface area contributed by atoms with Gasteiger partial charge in [0.15, 0.2) is 0 Å². The summed E-state index contributed by atoms with van der Waals surface area (Å²) in [6, 6.07) is 5.61. The van der Waals surface area contributed by atoms with Gasteiger partial charge in [0, 0.05) is 6.54 Å². The molecule has 3 rings (SSSR count). The maximum atomic E-state index is 11.6. The number of aromatic nitrogens is 2. The number of hydrogen-bond donors (Lipinski definition) is 1. The fourth-order valence-electron chi connectivity index (χ4n) is 2.27. The quantitative estimate of drug-likeness (QED) is 0.681. The molecule has 1 aliphatic rings. The van der Waals surface area contributed by atoms with Crippen LogP contribution in [0.2, 0.25) is 0 Å². The third kappa shape index (κ3) is 1.08. The summed E-state index contributed by atoms with van der Waals surface area (Å²) < 4.78 is 1.66. The van der Waals surface area contributed by atoms with E-state index in [0.29, 0.717) is 11.9 Å². The van der Waals surface area contributed by atoms with E-state index in [1.54, 1.807) is 10.6 Å². The van der Waals surface area contributed by atoms with Crippen LogP contribution in [-0.4, -0.2) is 9.55 Å². The van der Waals surface area contributed by atoms with Crippen LogP contribution in [-0.2, 0) is 13.0 Å². The first kappa shape index (κ1) is 8.47. The van der Waals surface area contributed by atoms with Crippen LogP contribution in [0.3, 0.4) is 0 Å². The van der Waals surface area contributed by atoms with Crippen molar-refractivity contribution in [3.05, 3.63) is 44.6 Å². The lowest BCUT2D eigenvalue weighted by atomic mass is 10.0. The van der Waals surface area contributed by atoms with Crippen LogP contribution in [0.4, 0.5) is 0 Å². The molecule has 1 N–H and O–H groups in total. The molecule has 0 spiro atoms. The average Bonchev–Trinajstić information content (AvgIpc) is 2.25. The molecule has 15 heavy (non-hydrogen) atoms. The summed E-state index contributed by atoms with van der Waals surface area (Å²) in [7, 11) is 0. The zero-order valence-corrected chi connectivity index (χ0v) is 8.12. The summed E-state index contributed by atoms with van der Waals surface area (Å²) in [5, 5.41) is 0.617. The minimum Gasteiger partial charge on any atom is -0.293 e. The van der Waals surface area contributed by atoms with Gasteiger partial charge in [0.1, 0.15) is 0 Å². The van der Waals surface area contributed by atoms with Gasteiger partial charge in [-0.3, -0.25) is 14.3 Å². The SMILES string of the molecule is O=c1[nH]c(=O)n2c3c(cccc13)CCC2. The molecule has 0 aliphatic carbocycles. The fraction of sp³-hybridized carbons (Fsp3) is 0.273. The standard InChI is InChI=1S/C11H10N2O2/c14-10-8-5-1-3-7-4-2-6-13(9(7)8)11(15)12-10/h1,3,5H,2,4,6H2,(H,12,14,15). The molecule has 4 heteroatoms. The maximum absolute atomic E-state index is 11.6. The first-order valence-electron chi connectivity index (χ1n) is 5.02. The molecule has 2 heterocycles. The van der Waals surface area contributed by atoms with Crippen LogP contribution >= 0.6 is 0 Å². The van der Waals surface area contributed by atoms with Crippen molar-refractivity contribution in [2.75, 3.05) is 0 Å². The Bertz CT molecular complexity index is 652. The van der Waals surface area contributed by atoms with Gasteiger partial charge >= 0.3 is 5.69 Å². The van der Waals surface area contributed by atoms with E-state index in [9.17, 15) is 9.59 Å². The van der Waals surface area contributed by atoms with E-state index in [0.717, 1.165) is 23.9 Å². The summed E-state index contributed by atoms with van der Waals surface area (Å²) in [5.74, 6) is 0. The Morgan fingerprint density at radius 2 is 2.13 bits per heavy atom. The van der Waals surface area contributed by atoms with E-state index in [4.69, 9.17) is 0 Å². The molecule has 76 valence electrons. The summed E-state index contributed by atoms with van der Waals surface area (Å²) >= 11 is 0. The highest BCUT2D eigenvalue weighted by atomic mass is 16.2. The lowest BCUT2D eigenvalue weighted by Crippen LogP contribution is -2.32. The number of nitrogens with zero attached hydrogens (tertiary/aromatic N) is 1. The first-order valence-corrected chi connectivity index (χ1v) is 5.02. The highest BCUT2D eigenvalue weighted by Gasteiger charge is 2.14. The lowest BCUT2D eigenvalue weighted by Gasteiger charge is -2.17. The molecule has 1 aromatic heterocycles. The number of aryl methyl sites for hydroxylation is 2. The smallest absolute Gasteiger partial charge is 0.293 e. The van der Waals surface area contributed by atoms with Gasteiger partial charge in [-0.1, -0.05) is 12.1 Å². The van der Waals surface area contributed by atoms with Crippen molar-refractivity contribution < 1.29 is 0 Å². The third-order valence-corrected chi connectivity index (χ3v) is 2.93. The molecular weight excluding hydrogens is 192 g/mol. The number of hydrogen-bond acceptors (Lipinski definition) is 2. The largest absolute Gasteiger partial charge is 0.328 e. The van der Waals surface area contributed by atoms with Crippen molar-refractivity contribution in [1.82, 2.24) is 9.55 Å². The summed E-state index contributed by atoms with van der Waals surface area (Å²) in [6.07, 6.45) is 1.90. The molecule has 0 fully saturated rings. The molecule has 1 aromatic carbocycles. The number of aromatic amines is 1. The molecule has 0 radical (unpaired) electrons. The highest BCUT2D eigenvalue weighted by Crippen LogP contribution is 2.20. The summed E-state index contributed by atoms with van der Waals surface area (Å²) in [4.78, 5) is 25.5. The minimum atomic E-state index is -0.292. The minimum absolute atomic E-state index is 0.282. The van der Waals surface area contributed by atoms with Gasteiger partial charge in [0.05, 0.1) is 10.9 Å². The van der Waals surface area contributed by atoms with Crippen molar-refractivity contribution in [3.63, 3.8) is 0 Å². The van der Waals surface area contributed by atoms with E-state index >= 15 is 0 Å². The van der Waals surface area contributed by atoms with Gasteiger partial charge in [-0.15, -0.1) is 0 Å². The Morgan fingerprint density at radius 3 is 3.00 bits per heavy atom. The summed E-state index contributed by atoms with van der Waals surface area (Å²) in [6.45, 7) is 0.698. The predicted octanol–water partition coefficient (Wildman–Crippen LogP) is 0.636. The number of rotatable bonds is 0. The van der Waals surface area contributed by atoms with Gasteiger partial charge in [0.2, 0.25) is 0 Å². The van der Waals surface area contributed by atoms with Gasteiger partial charge in [-0.05, 0) is 24.5 Å². The second-order valence-corrected chi connectivity index (χ2v) is 3.83. The summed E-state index contributed by atoms with van der Waals surface area (Å²) in [5.41, 5.74) is 1.34. The Hall–Kier alpha value is -1.84.